The Bertz CT molecular complexity index is 788. The Morgan fingerprint density at radius 3 is 2.54 bits per heavy atom. The molecule has 0 aromatic heterocycles. The second-order valence-corrected chi connectivity index (χ2v) is 5.83. The van der Waals surface area contributed by atoms with E-state index in [2.05, 4.69) is 10.1 Å². The van der Waals surface area contributed by atoms with Gasteiger partial charge in [-0.2, -0.15) is 10.1 Å². The van der Waals surface area contributed by atoms with Gasteiger partial charge in [-0.3, -0.25) is 4.79 Å². The third-order valence-corrected chi connectivity index (χ3v) is 4.15. The number of nitrogens with zero attached hydrogens (tertiary/aromatic N) is 3. The van der Waals surface area contributed by atoms with Crippen LogP contribution in [-0.2, 0) is 4.79 Å². The lowest BCUT2D eigenvalue weighted by atomic mass is 10.2. The zero-order chi connectivity index (χ0) is 16.9. The molecule has 0 aliphatic carbocycles. The van der Waals surface area contributed by atoms with E-state index in [1.165, 1.54) is 35.1 Å². The van der Waals surface area contributed by atoms with E-state index in [9.17, 15) is 9.18 Å². The van der Waals surface area contributed by atoms with Crippen LogP contribution >= 0.6 is 11.8 Å². The largest absolute Gasteiger partial charge is 0.497 e. The zero-order valence-electron chi connectivity index (χ0n) is 12.8. The highest BCUT2D eigenvalue weighted by Crippen LogP contribution is 2.25. The summed E-state index contributed by atoms with van der Waals surface area (Å²) in [6, 6.07) is 13.1. The van der Waals surface area contributed by atoms with E-state index in [0.29, 0.717) is 16.4 Å². The normalized spacial score (nSPS) is 16.3. The van der Waals surface area contributed by atoms with E-state index >= 15 is 0 Å². The lowest BCUT2D eigenvalue weighted by Gasteiger charge is -2.09. The van der Waals surface area contributed by atoms with Gasteiger partial charge < -0.3 is 4.74 Å². The minimum atomic E-state index is -0.318. The molecular weight excluding hydrogens is 329 g/mol. The van der Waals surface area contributed by atoms with Gasteiger partial charge in [0.05, 0.1) is 24.8 Å². The van der Waals surface area contributed by atoms with Crippen LogP contribution in [0.1, 0.15) is 5.56 Å². The maximum absolute atomic E-state index is 12.9. The molecule has 0 N–H and O–H groups in total. The Balaban J connectivity index is 1.80. The highest BCUT2D eigenvalue weighted by Gasteiger charge is 2.28. The summed E-state index contributed by atoms with van der Waals surface area (Å²) in [5.41, 5.74) is 1.40. The summed E-state index contributed by atoms with van der Waals surface area (Å²) >= 11 is 1.32. The van der Waals surface area contributed by atoms with E-state index in [1.807, 2.05) is 0 Å². The maximum Gasteiger partial charge on any atom is 0.259 e. The molecule has 5 nitrogen and oxygen atoms in total. The van der Waals surface area contributed by atoms with Gasteiger partial charge >= 0.3 is 0 Å². The van der Waals surface area contributed by atoms with Gasteiger partial charge in [0.25, 0.3) is 5.91 Å². The van der Waals surface area contributed by atoms with Crippen molar-refractivity contribution in [1.82, 2.24) is 5.01 Å². The fourth-order valence-electron chi connectivity index (χ4n) is 1.99. The maximum atomic E-state index is 12.9. The van der Waals surface area contributed by atoms with Crippen LogP contribution in [-0.4, -0.2) is 35.2 Å². The van der Waals surface area contributed by atoms with Gasteiger partial charge in [0, 0.05) is 0 Å². The van der Waals surface area contributed by atoms with Crippen molar-refractivity contribution < 1.29 is 13.9 Å². The molecule has 2 aromatic carbocycles. The third-order valence-electron chi connectivity index (χ3n) is 3.23. The highest BCUT2D eigenvalue weighted by atomic mass is 32.2. The predicted molar refractivity (Wildman–Crippen MR) is 93.4 cm³/mol. The average Bonchev–Trinajstić information content (AvgIpc) is 2.95. The topological polar surface area (TPSA) is 54.3 Å². The molecule has 122 valence electrons. The van der Waals surface area contributed by atoms with Crippen molar-refractivity contribution in [2.75, 3.05) is 12.9 Å². The summed E-state index contributed by atoms with van der Waals surface area (Å²) in [5, 5.41) is 5.94. The fourth-order valence-corrected chi connectivity index (χ4v) is 2.81. The molecule has 1 aliphatic heterocycles. The Hall–Kier alpha value is -2.67. The fraction of sp³-hybridized carbons (Fsp3) is 0.118. The van der Waals surface area contributed by atoms with Gasteiger partial charge in [-0.1, -0.05) is 23.9 Å². The molecule has 2 aromatic rings. The van der Waals surface area contributed by atoms with E-state index < -0.39 is 0 Å². The lowest BCUT2D eigenvalue weighted by Crippen LogP contribution is -2.23. The number of aliphatic imine (C=N–C) groups is 1. The number of thioether (sulfide) groups is 1. The molecule has 0 saturated carbocycles. The number of rotatable bonds is 4. The van der Waals surface area contributed by atoms with Gasteiger partial charge in [0.15, 0.2) is 5.17 Å². The van der Waals surface area contributed by atoms with Crippen LogP contribution in [0.15, 0.2) is 58.6 Å². The van der Waals surface area contributed by atoms with Gasteiger partial charge in [-0.05, 0) is 42.0 Å². The number of hydrogen-bond donors (Lipinski definition) is 0. The van der Waals surface area contributed by atoms with Crippen molar-refractivity contribution in [1.29, 1.82) is 0 Å². The summed E-state index contributed by atoms with van der Waals surface area (Å²) in [6.45, 7) is 0. The second-order valence-electron chi connectivity index (χ2n) is 4.88. The molecule has 0 unspecified atom stereocenters. The van der Waals surface area contributed by atoms with E-state index in [-0.39, 0.29) is 17.5 Å². The number of carbonyl (C=O) groups excluding carboxylic acids is 1. The first-order valence-corrected chi connectivity index (χ1v) is 8.12. The van der Waals surface area contributed by atoms with Crippen molar-refractivity contribution in [3.63, 3.8) is 0 Å². The number of methoxy groups -OCH3 is 1. The van der Waals surface area contributed by atoms with Crippen molar-refractivity contribution in [3.05, 3.63) is 59.9 Å². The molecule has 0 atom stereocenters. The Kier molecular flexibility index (Phi) is 4.90. The summed E-state index contributed by atoms with van der Waals surface area (Å²) in [4.78, 5) is 16.4. The van der Waals surface area contributed by atoms with Crippen molar-refractivity contribution in [2.45, 2.75) is 0 Å². The predicted octanol–water partition coefficient (Wildman–Crippen LogP) is 3.43. The summed E-state index contributed by atoms with van der Waals surface area (Å²) in [5.74, 6) is 0.558. The minimum Gasteiger partial charge on any atom is -0.497 e. The molecule has 1 aliphatic rings. The molecule has 0 spiro atoms. The summed E-state index contributed by atoms with van der Waals surface area (Å²) < 4.78 is 18.0. The number of amides is 1. The van der Waals surface area contributed by atoms with Crippen LogP contribution in [0.3, 0.4) is 0 Å². The Morgan fingerprint density at radius 2 is 1.88 bits per heavy atom. The van der Waals surface area contributed by atoms with Crippen molar-refractivity contribution in [2.24, 2.45) is 10.1 Å². The number of hydrogen-bond acceptors (Lipinski definition) is 5. The first-order chi connectivity index (χ1) is 11.7. The van der Waals surface area contributed by atoms with Crippen LogP contribution in [0.4, 0.5) is 10.1 Å². The number of benzene rings is 2. The van der Waals surface area contributed by atoms with Crippen molar-refractivity contribution in [3.8, 4) is 5.75 Å². The molecule has 24 heavy (non-hydrogen) atoms. The first-order valence-electron chi connectivity index (χ1n) is 7.14. The summed E-state index contributed by atoms with van der Waals surface area (Å²) in [6.07, 6.45) is 1.51. The molecule has 0 radical (unpaired) electrons. The number of amidine groups is 1. The molecule has 7 heteroatoms. The second kappa shape index (κ2) is 7.27. The third kappa shape index (κ3) is 3.80. The Labute approximate surface area is 142 Å². The van der Waals surface area contributed by atoms with Gasteiger partial charge in [0.1, 0.15) is 11.6 Å². The van der Waals surface area contributed by atoms with Gasteiger partial charge in [0.2, 0.25) is 0 Å². The number of halogens is 1. The molecule has 1 heterocycles. The Morgan fingerprint density at radius 1 is 1.17 bits per heavy atom. The quantitative estimate of drug-likeness (QED) is 0.799. The average molecular weight is 343 g/mol. The van der Waals surface area contributed by atoms with E-state index in [0.717, 1.165) is 5.75 Å². The van der Waals surface area contributed by atoms with Crippen LogP contribution in [0.2, 0.25) is 0 Å². The SMILES string of the molecule is COc1ccc(N=C2SCC(=O)N2/N=C\c2ccc(F)cc2)cc1. The lowest BCUT2D eigenvalue weighted by molar-refractivity contribution is -0.124. The monoisotopic (exact) mass is 343 g/mol. The molecular formula is C17H14FN3O2S. The van der Waals surface area contributed by atoms with Gasteiger partial charge in [-0.15, -0.1) is 0 Å². The molecule has 1 fully saturated rings. The first kappa shape index (κ1) is 16.2. The molecule has 0 bridgehead atoms. The summed E-state index contributed by atoms with van der Waals surface area (Å²) in [7, 11) is 1.60. The number of hydrazone groups is 1. The van der Waals surface area contributed by atoms with Crippen LogP contribution in [0.5, 0.6) is 5.75 Å². The smallest absolute Gasteiger partial charge is 0.259 e. The molecule has 3 rings (SSSR count). The van der Waals surface area contributed by atoms with Crippen LogP contribution in [0, 0.1) is 5.82 Å². The van der Waals surface area contributed by atoms with E-state index in [1.54, 1.807) is 43.5 Å². The zero-order valence-corrected chi connectivity index (χ0v) is 13.7. The van der Waals surface area contributed by atoms with Crippen LogP contribution < -0.4 is 4.74 Å². The van der Waals surface area contributed by atoms with Gasteiger partial charge in [-0.25, -0.2) is 9.38 Å². The standard InChI is InChI=1S/C17H14FN3O2S/c1-23-15-8-6-14(7-9-15)20-17-21(16(22)11-24-17)19-10-12-2-4-13(18)5-3-12/h2-10H,11H2,1H3/b19-10-,20-17?. The molecule has 1 saturated heterocycles. The van der Waals surface area contributed by atoms with E-state index in [4.69, 9.17) is 4.74 Å². The van der Waals surface area contributed by atoms with Crippen LogP contribution in [0.25, 0.3) is 0 Å². The number of carbonyl (C=O) groups is 1. The van der Waals surface area contributed by atoms with Crippen molar-refractivity contribution >= 4 is 34.7 Å². The minimum absolute atomic E-state index is 0.148. The highest BCUT2D eigenvalue weighted by molar-refractivity contribution is 8.15. The number of ether oxygens (including phenoxy) is 1. The molecule has 1 amide bonds.